The molecular weight excluding hydrogens is 262 g/mol. The van der Waals surface area contributed by atoms with Crippen molar-refractivity contribution in [3.8, 4) is 0 Å². The van der Waals surface area contributed by atoms with E-state index in [-0.39, 0.29) is 5.91 Å². The Balaban J connectivity index is 2.18. The molecule has 0 aliphatic heterocycles. The summed E-state index contributed by atoms with van der Waals surface area (Å²) in [5.41, 5.74) is 0.848. The normalized spacial score (nSPS) is 22.1. The van der Waals surface area contributed by atoms with Crippen molar-refractivity contribution in [2.75, 3.05) is 7.11 Å². The van der Waals surface area contributed by atoms with Crippen molar-refractivity contribution in [2.45, 2.75) is 25.9 Å². The molecule has 1 unspecified atom stereocenters. The van der Waals surface area contributed by atoms with Gasteiger partial charge in [0, 0.05) is 12.7 Å². The zero-order valence-electron chi connectivity index (χ0n) is 12.7. The highest BCUT2D eigenvalue weighted by atomic mass is 16.5. The predicted octanol–water partition coefficient (Wildman–Crippen LogP) is 3.83. The lowest BCUT2D eigenvalue weighted by molar-refractivity contribution is 0.0273. The van der Waals surface area contributed by atoms with Crippen molar-refractivity contribution in [1.29, 1.82) is 0 Å². The molecule has 0 aromatic heterocycles. The van der Waals surface area contributed by atoms with Gasteiger partial charge in [-0.25, -0.2) is 4.99 Å². The molecule has 1 aromatic carbocycles. The minimum atomic E-state index is -0.399. The van der Waals surface area contributed by atoms with Crippen molar-refractivity contribution >= 4 is 11.6 Å². The molecule has 1 atom stereocenters. The Bertz CT molecular complexity index is 568. The molecule has 0 saturated carbocycles. The number of carbonyl (C=O) groups excluding carboxylic acids is 1. The maximum Gasteiger partial charge on any atom is 0.277 e. The second-order valence-corrected chi connectivity index (χ2v) is 5.24. The van der Waals surface area contributed by atoms with Gasteiger partial charge in [-0.1, -0.05) is 38.5 Å². The van der Waals surface area contributed by atoms with E-state index in [0.717, 1.165) is 6.42 Å². The molecule has 0 saturated heterocycles. The number of amides is 1. The molecule has 0 bridgehead atoms. The highest BCUT2D eigenvalue weighted by Crippen LogP contribution is 2.29. The molecule has 1 aliphatic carbocycles. The third kappa shape index (κ3) is 3.37. The van der Waals surface area contributed by atoms with Crippen molar-refractivity contribution in [2.24, 2.45) is 10.9 Å². The summed E-state index contributed by atoms with van der Waals surface area (Å²) in [7, 11) is 1.71. The van der Waals surface area contributed by atoms with Crippen molar-refractivity contribution in [3.63, 3.8) is 0 Å². The van der Waals surface area contributed by atoms with Crippen LogP contribution in [0.5, 0.6) is 0 Å². The zero-order chi connectivity index (χ0) is 15.3. The fraction of sp³-hybridized carbons (Fsp3) is 0.333. The van der Waals surface area contributed by atoms with Crippen molar-refractivity contribution < 1.29 is 9.53 Å². The van der Waals surface area contributed by atoms with Gasteiger partial charge in [-0.2, -0.15) is 0 Å². The summed E-state index contributed by atoms with van der Waals surface area (Å²) >= 11 is 0. The molecule has 0 N–H and O–H groups in total. The first kappa shape index (κ1) is 15.4. The van der Waals surface area contributed by atoms with Gasteiger partial charge in [-0.15, -0.1) is 0 Å². The van der Waals surface area contributed by atoms with E-state index in [4.69, 9.17) is 4.74 Å². The van der Waals surface area contributed by atoms with Crippen LogP contribution in [0, 0.1) is 5.92 Å². The van der Waals surface area contributed by atoms with Crippen LogP contribution in [0.1, 0.15) is 30.6 Å². The average molecular weight is 283 g/mol. The third-order valence-corrected chi connectivity index (χ3v) is 4.02. The quantitative estimate of drug-likeness (QED) is 0.842. The Labute approximate surface area is 126 Å². The number of ether oxygens (including phenoxy) is 1. The minimum Gasteiger partial charge on any atom is -0.370 e. The fourth-order valence-corrected chi connectivity index (χ4v) is 2.36. The fourth-order valence-electron chi connectivity index (χ4n) is 2.36. The second-order valence-electron chi connectivity index (χ2n) is 5.24. The van der Waals surface area contributed by atoms with Crippen LogP contribution in [0.3, 0.4) is 0 Å². The van der Waals surface area contributed by atoms with E-state index in [1.807, 2.05) is 42.5 Å². The maximum atomic E-state index is 12.0. The highest BCUT2D eigenvalue weighted by Gasteiger charge is 2.31. The summed E-state index contributed by atoms with van der Waals surface area (Å²) in [6.45, 7) is 4.28. The monoisotopic (exact) mass is 283 g/mol. The van der Waals surface area contributed by atoms with Crippen LogP contribution >= 0.6 is 0 Å². The molecule has 0 radical (unpaired) electrons. The van der Waals surface area contributed by atoms with Gasteiger partial charge < -0.3 is 4.74 Å². The van der Waals surface area contributed by atoms with Gasteiger partial charge in [0.1, 0.15) is 5.60 Å². The van der Waals surface area contributed by atoms with Gasteiger partial charge in [0.25, 0.3) is 5.91 Å². The highest BCUT2D eigenvalue weighted by molar-refractivity contribution is 6.13. The van der Waals surface area contributed by atoms with Crippen LogP contribution < -0.4 is 0 Å². The molecular formula is C18H21NO2. The molecule has 0 spiro atoms. The van der Waals surface area contributed by atoms with Gasteiger partial charge in [0.05, 0.1) is 5.71 Å². The van der Waals surface area contributed by atoms with Crippen LogP contribution in [0.4, 0.5) is 0 Å². The summed E-state index contributed by atoms with van der Waals surface area (Å²) < 4.78 is 5.66. The number of benzene rings is 1. The van der Waals surface area contributed by atoms with Gasteiger partial charge in [-0.05, 0) is 42.4 Å². The average Bonchev–Trinajstić information content (AvgIpc) is 2.55. The number of rotatable bonds is 4. The lowest BCUT2D eigenvalue weighted by Gasteiger charge is -2.33. The molecule has 1 aromatic rings. The predicted molar refractivity (Wildman–Crippen MR) is 85.7 cm³/mol. The molecule has 1 aliphatic rings. The molecule has 0 fully saturated rings. The van der Waals surface area contributed by atoms with Crippen molar-refractivity contribution in [3.05, 3.63) is 60.2 Å². The van der Waals surface area contributed by atoms with E-state index in [1.54, 1.807) is 19.2 Å². The zero-order valence-corrected chi connectivity index (χ0v) is 12.7. The summed E-state index contributed by atoms with van der Waals surface area (Å²) in [5, 5.41) is 0. The largest absolute Gasteiger partial charge is 0.370 e. The number of hydrogen-bond acceptors (Lipinski definition) is 2. The first-order valence-corrected chi connectivity index (χ1v) is 7.23. The molecule has 0 heterocycles. The number of methoxy groups -OCH3 is 1. The molecule has 3 nitrogen and oxygen atoms in total. The lowest BCUT2D eigenvalue weighted by atomic mass is 9.83. The van der Waals surface area contributed by atoms with Gasteiger partial charge in [-0.3, -0.25) is 4.79 Å². The summed E-state index contributed by atoms with van der Waals surface area (Å²) in [5.74, 6) is 0.134. The Kier molecular flexibility index (Phi) is 4.86. The van der Waals surface area contributed by atoms with Gasteiger partial charge in [0.2, 0.25) is 0 Å². The smallest absolute Gasteiger partial charge is 0.277 e. The van der Waals surface area contributed by atoms with E-state index in [9.17, 15) is 4.79 Å². The number of allylic oxidation sites excluding steroid dienone is 2. The van der Waals surface area contributed by atoms with E-state index in [2.05, 4.69) is 18.8 Å². The Morgan fingerprint density at radius 2 is 1.86 bits per heavy atom. The van der Waals surface area contributed by atoms with E-state index in [0.29, 0.717) is 17.2 Å². The number of nitrogens with zero attached hydrogens (tertiary/aromatic N) is 1. The standard InChI is InChI=1S/C18H21NO2/c1-4-14(2)18(21-3)12-10-16(11-13-18)19-17(20)15-8-6-5-7-9-15/h5-14H,4H2,1-3H3. The summed E-state index contributed by atoms with van der Waals surface area (Å²) in [4.78, 5) is 16.2. The van der Waals surface area contributed by atoms with Crippen LogP contribution in [0.25, 0.3) is 0 Å². The van der Waals surface area contributed by atoms with E-state index >= 15 is 0 Å². The first-order valence-electron chi connectivity index (χ1n) is 7.23. The molecule has 1 amide bonds. The minimum absolute atomic E-state index is 0.228. The van der Waals surface area contributed by atoms with Gasteiger partial charge in [0.15, 0.2) is 0 Å². The number of carbonyl (C=O) groups is 1. The summed E-state index contributed by atoms with van der Waals surface area (Å²) in [6.07, 6.45) is 8.70. The number of aliphatic imine (C=N–C) groups is 1. The molecule has 3 heteroatoms. The van der Waals surface area contributed by atoms with E-state index in [1.165, 1.54) is 0 Å². The third-order valence-electron chi connectivity index (χ3n) is 4.02. The van der Waals surface area contributed by atoms with Crippen LogP contribution in [-0.2, 0) is 4.74 Å². The number of hydrogen-bond donors (Lipinski definition) is 0. The van der Waals surface area contributed by atoms with E-state index < -0.39 is 5.60 Å². The first-order chi connectivity index (χ1) is 10.1. The lowest BCUT2D eigenvalue weighted by Crippen LogP contribution is -2.36. The Hall–Kier alpha value is -2.00. The Morgan fingerprint density at radius 1 is 1.24 bits per heavy atom. The van der Waals surface area contributed by atoms with Crippen LogP contribution in [0.15, 0.2) is 59.6 Å². The Morgan fingerprint density at radius 3 is 2.38 bits per heavy atom. The molecule has 21 heavy (non-hydrogen) atoms. The molecule has 110 valence electrons. The topological polar surface area (TPSA) is 38.7 Å². The van der Waals surface area contributed by atoms with Crippen LogP contribution in [-0.4, -0.2) is 24.3 Å². The van der Waals surface area contributed by atoms with Crippen LogP contribution in [0.2, 0.25) is 0 Å². The van der Waals surface area contributed by atoms with Crippen molar-refractivity contribution in [1.82, 2.24) is 0 Å². The summed E-state index contributed by atoms with van der Waals surface area (Å²) in [6, 6.07) is 9.07. The molecule has 2 rings (SSSR count). The second kappa shape index (κ2) is 6.64. The maximum absolute atomic E-state index is 12.0. The SMILES string of the molecule is CCC(C)C1(OC)C=CC(=NC(=O)c2ccccc2)C=C1. The van der Waals surface area contributed by atoms with Gasteiger partial charge >= 0.3 is 0 Å².